The Morgan fingerprint density at radius 1 is 0.939 bits per heavy atom. The molecule has 0 aromatic heterocycles. The highest BCUT2D eigenvalue weighted by atomic mass is 35.5. The summed E-state index contributed by atoms with van der Waals surface area (Å²) in [5, 5.41) is 0.490. The Morgan fingerprint density at radius 3 is 2.21 bits per heavy atom. The predicted octanol–water partition coefficient (Wildman–Crippen LogP) is 4.39. The number of likely N-dealkylation sites (tertiary alicyclic amines) is 2. The van der Waals surface area contributed by atoms with Crippen molar-refractivity contribution in [2.24, 2.45) is 5.41 Å². The molecule has 2 heterocycles. The average Bonchev–Trinajstić information content (AvgIpc) is 3.22. The second-order valence-electron chi connectivity index (χ2n) is 9.43. The first-order valence-electron chi connectivity index (χ1n) is 11.4. The third-order valence-electron chi connectivity index (χ3n) is 6.64. The topological polar surface area (TPSA) is 49.9 Å². The van der Waals surface area contributed by atoms with E-state index in [4.69, 9.17) is 16.3 Å². The van der Waals surface area contributed by atoms with Crippen molar-refractivity contribution in [1.82, 2.24) is 9.80 Å². The summed E-state index contributed by atoms with van der Waals surface area (Å²) < 4.78 is 6.00. The predicted molar refractivity (Wildman–Crippen MR) is 129 cm³/mol. The van der Waals surface area contributed by atoms with Gasteiger partial charge in [0.1, 0.15) is 5.75 Å². The number of para-hydroxylation sites is 1. The number of piperidine rings is 1. The van der Waals surface area contributed by atoms with Gasteiger partial charge in [-0.3, -0.25) is 9.59 Å². The first-order chi connectivity index (χ1) is 15.8. The minimum absolute atomic E-state index is 0.0356. The first kappa shape index (κ1) is 23.2. The number of nitrogens with zero attached hydrogens (tertiary/aromatic N) is 2. The van der Waals surface area contributed by atoms with Crippen molar-refractivity contribution in [2.45, 2.75) is 38.7 Å². The number of carbonyl (C=O) groups excluding carboxylic acids is 2. The summed E-state index contributed by atoms with van der Waals surface area (Å²) in [6.07, 6.45) is 2.70. The van der Waals surface area contributed by atoms with Gasteiger partial charge < -0.3 is 14.5 Å². The van der Waals surface area contributed by atoms with Crippen LogP contribution in [0.15, 0.2) is 54.6 Å². The van der Waals surface area contributed by atoms with E-state index >= 15 is 0 Å². The van der Waals surface area contributed by atoms with Crippen molar-refractivity contribution < 1.29 is 14.3 Å². The second-order valence-corrected chi connectivity index (χ2v) is 9.83. The van der Waals surface area contributed by atoms with Gasteiger partial charge in [-0.2, -0.15) is 0 Å². The van der Waals surface area contributed by atoms with E-state index in [2.05, 4.69) is 11.8 Å². The highest BCUT2D eigenvalue weighted by molar-refractivity contribution is 6.32. The quantitative estimate of drug-likeness (QED) is 0.633. The summed E-state index contributed by atoms with van der Waals surface area (Å²) in [6.45, 7) is 6.31. The van der Waals surface area contributed by atoms with Crippen molar-refractivity contribution in [1.29, 1.82) is 0 Å². The molecule has 0 saturated carbocycles. The van der Waals surface area contributed by atoms with E-state index in [0.29, 0.717) is 37.0 Å². The molecule has 2 aromatic rings. The minimum atomic E-state index is -1.01. The molecule has 0 radical (unpaired) electrons. The van der Waals surface area contributed by atoms with Crippen molar-refractivity contribution >= 4 is 23.4 Å². The lowest BCUT2D eigenvalue weighted by Gasteiger charge is -2.39. The molecule has 5 nitrogen and oxygen atoms in total. The van der Waals surface area contributed by atoms with Gasteiger partial charge in [-0.1, -0.05) is 47.9 Å². The zero-order valence-corrected chi connectivity index (χ0v) is 19.9. The van der Waals surface area contributed by atoms with Gasteiger partial charge >= 0.3 is 0 Å². The average molecular weight is 465 g/mol. The van der Waals surface area contributed by atoms with Crippen LogP contribution < -0.4 is 4.74 Å². The van der Waals surface area contributed by atoms with E-state index in [0.717, 1.165) is 24.8 Å². The van der Waals surface area contributed by atoms with E-state index in [1.807, 2.05) is 52.3 Å². The number of halogens is 1. The first-order valence-corrected chi connectivity index (χ1v) is 11.7. The van der Waals surface area contributed by atoms with E-state index in [1.165, 1.54) is 0 Å². The molecule has 2 fully saturated rings. The molecule has 0 N–H and O–H groups in total. The Hall–Kier alpha value is -2.97. The third-order valence-corrected chi connectivity index (χ3v) is 6.95. The van der Waals surface area contributed by atoms with Gasteiger partial charge in [-0.05, 0) is 62.8 Å². The molecule has 6 heteroatoms. The summed E-state index contributed by atoms with van der Waals surface area (Å²) in [5.41, 5.74) is -0.120. The van der Waals surface area contributed by atoms with Crippen molar-refractivity contribution in [3.05, 3.63) is 65.2 Å². The fourth-order valence-corrected chi connectivity index (χ4v) is 4.83. The molecule has 2 amide bonds. The molecule has 172 valence electrons. The van der Waals surface area contributed by atoms with Crippen LogP contribution in [0, 0.1) is 17.3 Å². The van der Waals surface area contributed by atoms with E-state index < -0.39 is 5.60 Å². The molecule has 33 heavy (non-hydrogen) atoms. The number of benzene rings is 2. The number of carbonyl (C=O) groups is 2. The van der Waals surface area contributed by atoms with Gasteiger partial charge in [0.2, 0.25) is 0 Å². The second kappa shape index (κ2) is 9.49. The van der Waals surface area contributed by atoms with Crippen LogP contribution in [0.1, 0.15) is 38.7 Å². The third kappa shape index (κ3) is 5.34. The zero-order valence-electron chi connectivity index (χ0n) is 19.1. The lowest BCUT2D eigenvalue weighted by atomic mass is 9.77. The molecular weight excluding hydrogens is 436 g/mol. The SMILES string of the molecule is CC(C)(Oc1ccccc1Cl)C(=O)N1CCC2(CCN(C(=O)C#Cc3ccccc3)CC2)C1. The van der Waals surface area contributed by atoms with Crippen LogP contribution in [0.5, 0.6) is 5.75 Å². The van der Waals surface area contributed by atoms with Gasteiger partial charge in [0, 0.05) is 37.7 Å². The molecule has 1 spiro atoms. The standard InChI is InChI=1S/C27H29ClN2O3/c1-26(2,33-23-11-7-6-10-22(23)28)25(32)30-19-16-27(20-30)14-17-29(18-15-27)24(31)13-12-21-8-4-3-5-9-21/h3-11H,14-20H2,1-2H3. The molecule has 2 saturated heterocycles. The highest BCUT2D eigenvalue weighted by Gasteiger charge is 2.46. The van der Waals surface area contributed by atoms with Gasteiger partial charge in [0.15, 0.2) is 5.60 Å². The largest absolute Gasteiger partial charge is 0.476 e. The van der Waals surface area contributed by atoms with Crippen LogP contribution in [0.3, 0.4) is 0 Å². The molecule has 0 aliphatic carbocycles. The monoisotopic (exact) mass is 464 g/mol. The maximum Gasteiger partial charge on any atom is 0.298 e. The van der Waals surface area contributed by atoms with Crippen molar-refractivity contribution in [2.75, 3.05) is 26.2 Å². The molecule has 0 unspecified atom stereocenters. The van der Waals surface area contributed by atoms with Gasteiger partial charge in [0.25, 0.3) is 11.8 Å². The Balaban J connectivity index is 1.33. The van der Waals surface area contributed by atoms with Crippen LogP contribution >= 0.6 is 11.6 Å². The van der Waals surface area contributed by atoms with Crippen LogP contribution in [-0.4, -0.2) is 53.4 Å². The van der Waals surface area contributed by atoms with Crippen LogP contribution in [0.25, 0.3) is 0 Å². The lowest BCUT2D eigenvalue weighted by Crippen LogP contribution is -2.49. The zero-order chi connectivity index (χ0) is 23.5. The number of amides is 2. The Kier molecular flexibility index (Phi) is 6.67. The fraction of sp³-hybridized carbons (Fsp3) is 0.407. The number of hydrogen-bond donors (Lipinski definition) is 0. The molecule has 0 bridgehead atoms. The van der Waals surface area contributed by atoms with Crippen LogP contribution in [-0.2, 0) is 9.59 Å². The Labute approximate surface area is 200 Å². The van der Waals surface area contributed by atoms with E-state index in [9.17, 15) is 9.59 Å². The molecule has 2 aliphatic heterocycles. The highest BCUT2D eigenvalue weighted by Crippen LogP contribution is 2.41. The molecule has 2 aliphatic rings. The fourth-order valence-electron chi connectivity index (χ4n) is 4.65. The normalized spacial score (nSPS) is 17.4. The Bertz CT molecular complexity index is 1080. The number of hydrogen-bond acceptors (Lipinski definition) is 3. The van der Waals surface area contributed by atoms with Crippen molar-refractivity contribution in [3.8, 4) is 17.6 Å². The van der Waals surface area contributed by atoms with Crippen LogP contribution in [0.2, 0.25) is 5.02 Å². The maximum atomic E-state index is 13.3. The lowest BCUT2D eigenvalue weighted by molar-refractivity contribution is -0.145. The summed E-state index contributed by atoms with van der Waals surface area (Å²) in [4.78, 5) is 29.6. The van der Waals surface area contributed by atoms with Crippen LogP contribution in [0.4, 0.5) is 0 Å². The van der Waals surface area contributed by atoms with Gasteiger partial charge in [0.05, 0.1) is 5.02 Å². The number of rotatable bonds is 3. The van der Waals surface area contributed by atoms with Gasteiger partial charge in [-0.25, -0.2) is 0 Å². The summed E-state index contributed by atoms with van der Waals surface area (Å²) in [7, 11) is 0. The van der Waals surface area contributed by atoms with Gasteiger partial charge in [-0.15, -0.1) is 0 Å². The summed E-state index contributed by atoms with van der Waals surface area (Å²) >= 11 is 6.22. The summed E-state index contributed by atoms with van der Waals surface area (Å²) in [6, 6.07) is 16.7. The maximum absolute atomic E-state index is 13.3. The molecular formula is C27H29ClN2O3. The van der Waals surface area contributed by atoms with E-state index in [-0.39, 0.29) is 17.2 Å². The van der Waals surface area contributed by atoms with Crippen molar-refractivity contribution in [3.63, 3.8) is 0 Å². The molecule has 2 aromatic carbocycles. The molecule has 0 atom stereocenters. The number of ether oxygens (including phenoxy) is 1. The minimum Gasteiger partial charge on any atom is -0.476 e. The molecule has 4 rings (SSSR count). The van der Waals surface area contributed by atoms with E-state index in [1.54, 1.807) is 26.0 Å². The smallest absolute Gasteiger partial charge is 0.298 e. The summed E-state index contributed by atoms with van der Waals surface area (Å²) in [5.74, 6) is 6.06. The Morgan fingerprint density at radius 2 is 1.55 bits per heavy atom.